The highest BCUT2D eigenvalue weighted by molar-refractivity contribution is 5.85. The van der Waals surface area contributed by atoms with E-state index in [4.69, 9.17) is 4.42 Å². The molecule has 35 heavy (non-hydrogen) atoms. The summed E-state index contributed by atoms with van der Waals surface area (Å²) in [6.45, 7) is 4.70. The Labute approximate surface area is 205 Å². The maximum atomic E-state index is 13.5. The highest BCUT2D eigenvalue weighted by atomic mass is 19.1. The molecule has 0 spiro atoms. The van der Waals surface area contributed by atoms with Gasteiger partial charge in [-0.15, -0.1) is 0 Å². The highest BCUT2D eigenvalue weighted by Gasteiger charge is 2.22. The zero-order chi connectivity index (χ0) is 25.2. The number of rotatable bonds is 12. The maximum absolute atomic E-state index is 13.5. The van der Waals surface area contributed by atoms with Gasteiger partial charge in [0.25, 0.3) is 0 Å². The predicted octanol–water partition coefficient (Wildman–Crippen LogP) is 5.28. The van der Waals surface area contributed by atoms with Crippen LogP contribution in [0, 0.1) is 5.82 Å². The number of para-hydroxylation sites is 1. The van der Waals surface area contributed by atoms with Crippen molar-refractivity contribution in [3.05, 3.63) is 82.0 Å². The smallest absolute Gasteiger partial charge is 0.242 e. The van der Waals surface area contributed by atoms with Gasteiger partial charge in [-0.1, -0.05) is 51.0 Å². The highest BCUT2D eigenvalue weighted by Crippen LogP contribution is 2.15. The summed E-state index contributed by atoms with van der Waals surface area (Å²) in [4.78, 5) is 42.4. The lowest BCUT2D eigenvalue weighted by atomic mass is 10.1. The first-order valence-corrected chi connectivity index (χ1v) is 12.2. The molecule has 0 aliphatic carbocycles. The molecule has 3 rings (SSSR count). The molecule has 1 aromatic heterocycles. The van der Waals surface area contributed by atoms with Gasteiger partial charge in [-0.2, -0.15) is 0 Å². The van der Waals surface area contributed by atoms with Crippen LogP contribution < -0.4 is 5.43 Å². The lowest BCUT2D eigenvalue weighted by molar-refractivity contribution is -0.141. The van der Waals surface area contributed by atoms with Crippen molar-refractivity contribution >= 4 is 22.8 Å². The second kappa shape index (κ2) is 12.8. The van der Waals surface area contributed by atoms with E-state index in [1.54, 1.807) is 41.3 Å². The summed E-state index contributed by atoms with van der Waals surface area (Å²) in [7, 11) is 0. The van der Waals surface area contributed by atoms with E-state index in [-0.39, 0.29) is 42.7 Å². The topological polar surface area (TPSA) is 70.8 Å². The number of carbonyl (C=O) groups is 2. The van der Waals surface area contributed by atoms with Gasteiger partial charge in [-0.3, -0.25) is 14.4 Å². The van der Waals surface area contributed by atoms with E-state index in [9.17, 15) is 18.8 Å². The molecule has 0 unspecified atom stereocenters. The Bertz CT molecular complexity index is 1190. The third-order valence-corrected chi connectivity index (χ3v) is 5.96. The molecule has 2 aromatic carbocycles. The molecule has 1 heterocycles. The van der Waals surface area contributed by atoms with Gasteiger partial charge in [0.2, 0.25) is 11.8 Å². The summed E-state index contributed by atoms with van der Waals surface area (Å²) in [6, 6.07) is 12.9. The Balaban J connectivity index is 1.87. The Kier molecular flexibility index (Phi) is 9.58. The van der Waals surface area contributed by atoms with Gasteiger partial charge in [0.05, 0.1) is 30.3 Å². The third kappa shape index (κ3) is 7.25. The van der Waals surface area contributed by atoms with Crippen LogP contribution in [0.5, 0.6) is 0 Å². The maximum Gasteiger partial charge on any atom is 0.242 e. The number of hydrogen-bond donors (Lipinski definition) is 0. The van der Waals surface area contributed by atoms with Crippen molar-refractivity contribution in [2.75, 3.05) is 13.1 Å². The quantitative estimate of drug-likeness (QED) is 0.354. The Hall–Kier alpha value is -3.48. The molecule has 186 valence electrons. The largest absolute Gasteiger partial charge is 0.464 e. The minimum atomic E-state index is -0.367. The first-order valence-electron chi connectivity index (χ1n) is 12.2. The summed E-state index contributed by atoms with van der Waals surface area (Å²) < 4.78 is 19.1. The fourth-order valence-corrected chi connectivity index (χ4v) is 3.87. The van der Waals surface area contributed by atoms with E-state index in [2.05, 4.69) is 0 Å². The number of amides is 2. The second-order valence-corrected chi connectivity index (χ2v) is 8.73. The molecule has 3 aromatic rings. The van der Waals surface area contributed by atoms with Crippen LogP contribution in [0.4, 0.5) is 4.39 Å². The van der Waals surface area contributed by atoms with Crippen LogP contribution in [0.2, 0.25) is 0 Å². The van der Waals surface area contributed by atoms with Crippen LogP contribution in [0.15, 0.2) is 64.0 Å². The summed E-state index contributed by atoms with van der Waals surface area (Å²) in [5, 5.41) is 0.443. The zero-order valence-corrected chi connectivity index (χ0v) is 20.5. The normalized spacial score (nSPS) is 10.9. The summed E-state index contributed by atoms with van der Waals surface area (Å²) in [5.41, 5.74) is 1.34. The Morgan fingerprint density at radius 2 is 1.60 bits per heavy atom. The Morgan fingerprint density at radius 3 is 2.31 bits per heavy atom. The lowest BCUT2D eigenvalue weighted by Crippen LogP contribution is -2.43. The molecule has 0 radical (unpaired) electrons. The molecule has 0 bridgehead atoms. The van der Waals surface area contributed by atoms with E-state index in [1.165, 1.54) is 23.3 Å². The van der Waals surface area contributed by atoms with Gasteiger partial charge in [0.15, 0.2) is 5.43 Å². The Morgan fingerprint density at radius 1 is 0.886 bits per heavy atom. The van der Waals surface area contributed by atoms with Gasteiger partial charge in [-0.05, 0) is 42.7 Å². The molecule has 7 heteroatoms. The first kappa shape index (κ1) is 26.1. The number of carbonyl (C=O) groups excluding carboxylic acids is 2. The summed E-state index contributed by atoms with van der Waals surface area (Å²) in [6.07, 6.45) is 5.17. The second-order valence-electron chi connectivity index (χ2n) is 8.73. The molecule has 0 saturated carbocycles. The van der Waals surface area contributed by atoms with Crippen LogP contribution in [0.1, 0.15) is 57.1 Å². The van der Waals surface area contributed by atoms with Gasteiger partial charge in [0, 0.05) is 19.5 Å². The minimum Gasteiger partial charge on any atom is -0.464 e. The summed E-state index contributed by atoms with van der Waals surface area (Å²) in [5.74, 6) is -0.683. The van der Waals surface area contributed by atoms with Gasteiger partial charge in [-0.25, -0.2) is 4.39 Å². The minimum absolute atomic E-state index is 0.0220. The zero-order valence-electron chi connectivity index (χ0n) is 20.5. The molecular weight excluding hydrogens is 447 g/mol. The van der Waals surface area contributed by atoms with E-state index < -0.39 is 0 Å². The molecule has 0 fully saturated rings. The molecule has 0 atom stereocenters. The lowest BCUT2D eigenvalue weighted by Gasteiger charge is -2.28. The average molecular weight is 481 g/mol. The number of fused-ring (bicyclic) bond motifs is 1. The molecular formula is C28H33FN2O4. The van der Waals surface area contributed by atoms with Crippen molar-refractivity contribution in [2.24, 2.45) is 0 Å². The van der Waals surface area contributed by atoms with Crippen LogP contribution in [-0.4, -0.2) is 34.7 Å². The number of halogens is 1. The molecule has 6 nitrogen and oxygen atoms in total. The van der Waals surface area contributed by atoms with Crippen molar-refractivity contribution in [1.29, 1.82) is 0 Å². The fourth-order valence-electron chi connectivity index (χ4n) is 3.87. The van der Waals surface area contributed by atoms with E-state index >= 15 is 0 Å². The summed E-state index contributed by atoms with van der Waals surface area (Å²) >= 11 is 0. The SMILES string of the molecule is CCCCC(=O)N(CCCC)CC(=O)N(Cc1ccc(F)cc1)Cc1coc2ccccc2c1=O. The van der Waals surface area contributed by atoms with Gasteiger partial charge < -0.3 is 14.2 Å². The fraction of sp³-hybridized carbons (Fsp3) is 0.393. The molecule has 0 saturated heterocycles. The van der Waals surface area contributed by atoms with E-state index in [0.29, 0.717) is 29.5 Å². The van der Waals surface area contributed by atoms with Crippen LogP contribution in [0.25, 0.3) is 11.0 Å². The van der Waals surface area contributed by atoms with Crippen molar-refractivity contribution in [3.8, 4) is 0 Å². The van der Waals surface area contributed by atoms with Crippen molar-refractivity contribution in [1.82, 2.24) is 9.80 Å². The van der Waals surface area contributed by atoms with E-state index in [0.717, 1.165) is 31.2 Å². The average Bonchev–Trinajstić information content (AvgIpc) is 2.87. The van der Waals surface area contributed by atoms with Crippen molar-refractivity contribution in [2.45, 2.75) is 59.0 Å². The van der Waals surface area contributed by atoms with Crippen LogP contribution in [0.3, 0.4) is 0 Å². The van der Waals surface area contributed by atoms with Crippen LogP contribution in [-0.2, 0) is 22.7 Å². The first-order chi connectivity index (χ1) is 16.9. The molecule has 2 amide bonds. The number of unbranched alkanes of at least 4 members (excludes halogenated alkanes) is 2. The standard InChI is InChI=1S/C28H33FN2O4/c1-3-5-11-26(32)30(16-6-4-2)19-27(33)31(17-21-12-14-23(29)15-13-21)18-22-20-35-25-10-8-7-9-24(25)28(22)34/h7-10,12-15,20H,3-6,11,16-19H2,1-2H3. The number of benzene rings is 2. The van der Waals surface area contributed by atoms with Gasteiger partial charge in [0.1, 0.15) is 11.4 Å². The molecule has 0 aliphatic heterocycles. The monoisotopic (exact) mass is 480 g/mol. The third-order valence-electron chi connectivity index (χ3n) is 5.96. The molecule has 0 aliphatic rings. The van der Waals surface area contributed by atoms with Gasteiger partial charge >= 0.3 is 0 Å². The van der Waals surface area contributed by atoms with Crippen molar-refractivity contribution < 1.29 is 18.4 Å². The molecule has 0 N–H and O–H groups in total. The number of nitrogens with zero attached hydrogens (tertiary/aromatic N) is 2. The van der Waals surface area contributed by atoms with E-state index in [1.807, 2.05) is 13.8 Å². The number of hydrogen-bond acceptors (Lipinski definition) is 4. The van der Waals surface area contributed by atoms with Crippen molar-refractivity contribution in [3.63, 3.8) is 0 Å². The van der Waals surface area contributed by atoms with Crippen LogP contribution >= 0.6 is 0 Å². The predicted molar refractivity (Wildman–Crippen MR) is 134 cm³/mol.